The SMILES string of the molecule is COc1ccc(C)cc1NC(=S)Nc1cccc(C)c1C. The number of nitrogens with one attached hydrogen (secondary N) is 2. The Kier molecular flexibility index (Phi) is 4.81. The van der Waals surface area contributed by atoms with E-state index in [9.17, 15) is 0 Å². The van der Waals surface area contributed by atoms with Gasteiger partial charge in [-0.15, -0.1) is 0 Å². The quantitative estimate of drug-likeness (QED) is 0.822. The van der Waals surface area contributed by atoms with Gasteiger partial charge in [0, 0.05) is 5.69 Å². The molecular weight excluding hydrogens is 280 g/mol. The number of methoxy groups -OCH3 is 1. The lowest BCUT2D eigenvalue weighted by atomic mass is 10.1. The van der Waals surface area contributed by atoms with Crippen LogP contribution in [0.5, 0.6) is 5.75 Å². The number of benzene rings is 2. The third-order valence-electron chi connectivity index (χ3n) is 3.46. The molecule has 0 aliphatic heterocycles. The molecule has 2 aromatic carbocycles. The predicted octanol–water partition coefficient (Wildman–Crippen LogP) is 4.43. The van der Waals surface area contributed by atoms with E-state index in [-0.39, 0.29) is 0 Å². The van der Waals surface area contributed by atoms with Crippen LogP contribution in [0.3, 0.4) is 0 Å². The Labute approximate surface area is 131 Å². The topological polar surface area (TPSA) is 33.3 Å². The first-order valence-electron chi connectivity index (χ1n) is 6.80. The fraction of sp³-hybridized carbons (Fsp3) is 0.235. The highest BCUT2D eigenvalue weighted by molar-refractivity contribution is 7.80. The highest BCUT2D eigenvalue weighted by Crippen LogP contribution is 2.26. The van der Waals surface area contributed by atoms with Crippen molar-refractivity contribution in [3.05, 3.63) is 53.1 Å². The average Bonchev–Trinajstić information content (AvgIpc) is 2.44. The van der Waals surface area contributed by atoms with Crippen molar-refractivity contribution in [2.45, 2.75) is 20.8 Å². The molecule has 0 aliphatic carbocycles. The molecule has 3 nitrogen and oxygen atoms in total. The van der Waals surface area contributed by atoms with Crippen LogP contribution in [-0.4, -0.2) is 12.2 Å². The van der Waals surface area contributed by atoms with Crippen LogP contribution in [0.1, 0.15) is 16.7 Å². The van der Waals surface area contributed by atoms with E-state index in [1.807, 2.05) is 37.3 Å². The molecule has 0 saturated heterocycles. The molecule has 0 atom stereocenters. The summed E-state index contributed by atoms with van der Waals surface area (Å²) in [5.41, 5.74) is 5.45. The van der Waals surface area contributed by atoms with Gasteiger partial charge in [0.15, 0.2) is 5.11 Å². The summed E-state index contributed by atoms with van der Waals surface area (Å²) in [6, 6.07) is 12.1. The first-order chi connectivity index (χ1) is 10.0. The minimum atomic E-state index is 0.549. The predicted molar refractivity (Wildman–Crippen MR) is 93.5 cm³/mol. The van der Waals surface area contributed by atoms with Crippen LogP contribution in [0.25, 0.3) is 0 Å². The molecule has 0 spiro atoms. The Morgan fingerprint density at radius 1 is 1.00 bits per heavy atom. The molecule has 0 fully saturated rings. The minimum absolute atomic E-state index is 0.549. The van der Waals surface area contributed by atoms with Crippen LogP contribution in [0.4, 0.5) is 11.4 Å². The number of hydrogen-bond donors (Lipinski definition) is 2. The normalized spacial score (nSPS) is 10.1. The summed E-state index contributed by atoms with van der Waals surface area (Å²) in [5, 5.41) is 6.98. The van der Waals surface area contributed by atoms with Crippen molar-refractivity contribution in [1.82, 2.24) is 0 Å². The van der Waals surface area contributed by atoms with Gasteiger partial charge in [-0.3, -0.25) is 0 Å². The fourth-order valence-corrected chi connectivity index (χ4v) is 2.30. The standard InChI is InChI=1S/C17H20N2OS/c1-11-8-9-16(20-4)15(10-11)19-17(21)18-14-7-5-6-12(2)13(14)3/h5-10H,1-4H3,(H2,18,19,21). The minimum Gasteiger partial charge on any atom is -0.495 e. The Bertz CT molecular complexity index is 668. The van der Waals surface area contributed by atoms with Crippen molar-refractivity contribution in [3.63, 3.8) is 0 Å². The summed E-state index contributed by atoms with van der Waals surface area (Å²) in [6.45, 7) is 6.19. The third-order valence-corrected chi connectivity index (χ3v) is 3.66. The van der Waals surface area contributed by atoms with Crippen LogP contribution in [0.2, 0.25) is 0 Å². The van der Waals surface area contributed by atoms with Gasteiger partial charge in [-0.2, -0.15) is 0 Å². The van der Waals surface area contributed by atoms with E-state index in [0.29, 0.717) is 5.11 Å². The largest absolute Gasteiger partial charge is 0.495 e. The number of thiocarbonyl (C=S) groups is 1. The van der Waals surface area contributed by atoms with Crippen molar-refractivity contribution in [3.8, 4) is 5.75 Å². The van der Waals surface area contributed by atoms with E-state index in [1.54, 1.807) is 7.11 Å². The van der Waals surface area contributed by atoms with Crippen LogP contribution in [0, 0.1) is 20.8 Å². The Morgan fingerprint density at radius 3 is 2.43 bits per heavy atom. The molecule has 0 bridgehead atoms. The number of rotatable bonds is 3. The number of ether oxygens (including phenoxy) is 1. The first kappa shape index (κ1) is 15.3. The van der Waals surface area contributed by atoms with Gasteiger partial charge in [-0.05, 0) is 67.9 Å². The second-order valence-electron chi connectivity index (χ2n) is 5.03. The van der Waals surface area contributed by atoms with Crippen molar-refractivity contribution < 1.29 is 4.74 Å². The zero-order valence-corrected chi connectivity index (χ0v) is 13.6. The smallest absolute Gasteiger partial charge is 0.175 e. The van der Waals surface area contributed by atoms with E-state index in [0.717, 1.165) is 22.7 Å². The van der Waals surface area contributed by atoms with E-state index in [2.05, 4.69) is 30.5 Å². The van der Waals surface area contributed by atoms with Crippen molar-refractivity contribution in [2.24, 2.45) is 0 Å². The monoisotopic (exact) mass is 300 g/mol. The molecule has 0 saturated carbocycles. The van der Waals surface area contributed by atoms with Crippen molar-refractivity contribution in [2.75, 3.05) is 17.7 Å². The van der Waals surface area contributed by atoms with Gasteiger partial charge in [-0.25, -0.2) is 0 Å². The Morgan fingerprint density at radius 2 is 1.71 bits per heavy atom. The third kappa shape index (κ3) is 3.73. The molecular formula is C17H20N2OS. The van der Waals surface area contributed by atoms with Crippen molar-refractivity contribution >= 4 is 28.7 Å². The van der Waals surface area contributed by atoms with Crippen LogP contribution >= 0.6 is 12.2 Å². The molecule has 0 unspecified atom stereocenters. The molecule has 0 aromatic heterocycles. The van der Waals surface area contributed by atoms with Gasteiger partial charge >= 0.3 is 0 Å². The van der Waals surface area contributed by atoms with Gasteiger partial charge in [0.2, 0.25) is 0 Å². The summed E-state index contributed by atoms with van der Waals surface area (Å²) >= 11 is 5.39. The van der Waals surface area contributed by atoms with Gasteiger partial charge in [0.1, 0.15) is 5.75 Å². The highest BCUT2D eigenvalue weighted by Gasteiger charge is 2.07. The number of aryl methyl sites for hydroxylation is 2. The molecule has 0 amide bonds. The Balaban J connectivity index is 2.15. The van der Waals surface area contributed by atoms with E-state index < -0.39 is 0 Å². The van der Waals surface area contributed by atoms with Gasteiger partial charge in [0.05, 0.1) is 12.8 Å². The zero-order valence-electron chi connectivity index (χ0n) is 12.8. The maximum Gasteiger partial charge on any atom is 0.175 e. The fourth-order valence-electron chi connectivity index (χ4n) is 2.08. The van der Waals surface area contributed by atoms with Gasteiger partial charge < -0.3 is 15.4 Å². The summed E-state index contributed by atoms with van der Waals surface area (Å²) in [5.74, 6) is 0.769. The first-order valence-corrected chi connectivity index (χ1v) is 7.21. The lowest BCUT2D eigenvalue weighted by Gasteiger charge is -2.16. The zero-order chi connectivity index (χ0) is 15.4. The average molecular weight is 300 g/mol. The van der Waals surface area contributed by atoms with Crippen LogP contribution in [0.15, 0.2) is 36.4 Å². The van der Waals surface area contributed by atoms with E-state index in [4.69, 9.17) is 17.0 Å². The number of hydrogen-bond acceptors (Lipinski definition) is 2. The second-order valence-corrected chi connectivity index (χ2v) is 5.44. The van der Waals surface area contributed by atoms with E-state index >= 15 is 0 Å². The van der Waals surface area contributed by atoms with Crippen LogP contribution < -0.4 is 15.4 Å². The van der Waals surface area contributed by atoms with Gasteiger partial charge in [-0.1, -0.05) is 18.2 Å². The van der Waals surface area contributed by atoms with Gasteiger partial charge in [0.25, 0.3) is 0 Å². The molecule has 21 heavy (non-hydrogen) atoms. The molecule has 4 heteroatoms. The molecule has 2 N–H and O–H groups in total. The summed E-state index contributed by atoms with van der Waals surface area (Å²) < 4.78 is 5.34. The summed E-state index contributed by atoms with van der Waals surface area (Å²) in [7, 11) is 1.65. The summed E-state index contributed by atoms with van der Waals surface area (Å²) in [6.07, 6.45) is 0. The summed E-state index contributed by atoms with van der Waals surface area (Å²) in [4.78, 5) is 0. The Hall–Kier alpha value is -2.07. The second kappa shape index (κ2) is 6.59. The molecule has 0 heterocycles. The molecule has 2 aromatic rings. The molecule has 2 rings (SSSR count). The lowest BCUT2D eigenvalue weighted by Crippen LogP contribution is -2.20. The molecule has 0 radical (unpaired) electrons. The molecule has 110 valence electrons. The number of anilines is 2. The van der Waals surface area contributed by atoms with Crippen LogP contribution in [-0.2, 0) is 0 Å². The maximum absolute atomic E-state index is 5.39. The molecule has 0 aliphatic rings. The van der Waals surface area contributed by atoms with Crippen molar-refractivity contribution in [1.29, 1.82) is 0 Å². The highest BCUT2D eigenvalue weighted by atomic mass is 32.1. The van der Waals surface area contributed by atoms with E-state index in [1.165, 1.54) is 11.1 Å². The lowest BCUT2D eigenvalue weighted by molar-refractivity contribution is 0.417. The maximum atomic E-state index is 5.39.